The third-order valence-electron chi connectivity index (χ3n) is 3.81. The number of rotatable bonds is 7. The number of carbonyl (C=O) groups is 1. The van der Waals surface area contributed by atoms with Gasteiger partial charge in [0.2, 0.25) is 0 Å². The van der Waals surface area contributed by atoms with Crippen LogP contribution in [0.5, 0.6) is 0 Å². The zero-order valence-corrected chi connectivity index (χ0v) is 14.0. The largest absolute Gasteiger partial charge is 0.481 e. The Balaban J connectivity index is 0.00000324. The van der Waals surface area contributed by atoms with Crippen molar-refractivity contribution in [1.29, 1.82) is 0 Å². The van der Waals surface area contributed by atoms with E-state index in [0.29, 0.717) is 12.5 Å². The quantitative estimate of drug-likeness (QED) is 0.542. The zero-order valence-electron chi connectivity index (χ0n) is 11.9. The number of carboxylic acids is 1. The van der Waals surface area contributed by atoms with Gasteiger partial charge in [-0.2, -0.15) is 0 Å². The summed E-state index contributed by atoms with van der Waals surface area (Å²) in [6, 6.07) is -0.0418. The standard InChI is InChI=1S/C14H27NO3.Lr/c1-10(15)9-18-13(11(2)14(16)17)8-12-6-4-3-5-7-12;/h10-13H,3-9,15H2,1-2H3,(H,16,17);/t10-,11-,13-;/m1./s1. The van der Waals surface area contributed by atoms with E-state index in [4.69, 9.17) is 15.6 Å². The summed E-state index contributed by atoms with van der Waals surface area (Å²) in [4.78, 5) is 11.1. The summed E-state index contributed by atoms with van der Waals surface area (Å²) in [5.41, 5.74) is 5.68. The van der Waals surface area contributed by atoms with Crippen molar-refractivity contribution in [2.24, 2.45) is 17.6 Å². The topological polar surface area (TPSA) is 72.5 Å². The van der Waals surface area contributed by atoms with Crippen LogP contribution in [-0.2, 0) is 9.53 Å². The van der Waals surface area contributed by atoms with E-state index in [1.54, 1.807) is 6.92 Å². The van der Waals surface area contributed by atoms with E-state index in [0.717, 1.165) is 6.42 Å². The Morgan fingerprint density at radius 2 is 1.89 bits per heavy atom. The average molecular weight is 519 g/mol. The van der Waals surface area contributed by atoms with E-state index in [2.05, 4.69) is 0 Å². The molecule has 4 nitrogen and oxygen atoms in total. The van der Waals surface area contributed by atoms with Crippen LogP contribution in [0.4, 0.5) is 0 Å². The van der Waals surface area contributed by atoms with Crippen molar-refractivity contribution in [3.63, 3.8) is 0 Å². The van der Waals surface area contributed by atoms with Crippen LogP contribution in [0.3, 0.4) is 0 Å². The number of nitrogens with two attached hydrogens (primary N) is 1. The minimum Gasteiger partial charge on any atom is -0.481 e. The molecule has 0 heterocycles. The van der Waals surface area contributed by atoms with Crippen LogP contribution in [0.2, 0.25) is 0 Å². The molecule has 0 aromatic carbocycles. The van der Waals surface area contributed by atoms with Crippen LogP contribution in [0, 0.1) is 11.8 Å². The molecule has 0 aromatic heterocycles. The average Bonchev–Trinajstić information content (AvgIpc) is 2.34. The van der Waals surface area contributed by atoms with Crippen LogP contribution in [0.25, 0.3) is 0 Å². The third-order valence-corrected chi connectivity index (χ3v) is 3.81. The van der Waals surface area contributed by atoms with Crippen LogP contribution in [-0.4, -0.2) is 29.8 Å². The molecule has 0 aromatic rings. The van der Waals surface area contributed by atoms with E-state index in [1.165, 1.54) is 32.1 Å². The Morgan fingerprint density at radius 1 is 1.32 bits per heavy atom. The van der Waals surface area contributed by atoms with Crippen molar-refractivity contribution in [1.82, 2.24) is 0 Å². The molecule has 0 spiro atoms. The summed E-state index contributed by atoms with van der Waals surface area (Å²) in [7, 11) is 0. The molecule has 0 aliphatic heterocycles. The summed E-state index contributed by atoms with van der Waals surface area (Å²) in [5, 5.41) is 9.14. The van der Waals surface area contributed by atoms with Crippen molar-refractivity contribution in [2.45, 2.75) is 64.5 Å². The Labute approximate surface area is 110 Å². The molecule has 1 saturated carbocycles. The predicted molar refractivity (Wildman–Crippen MR) is 71.4 cm³/mol. The molecule has 1 radical (unpaired) electrons. The van der Waals surface area contributed by atoms with Crippen molar-refractivity contribution in [2.75, 3.05) is 6.61 Å². The van der Waals surface area contributed by atoms with Crippen molar-refractivity contribution < 1.29 is 14.6 Å². The van der Waals surface area contributed by atoms with Crippen LogP contribution in [0.1, 0.15) is 52.4 Å². The van der Waals surface area contributed by atoms with Gasteiger partial charge >= 0.3 is 5.97 Å². The molecule has 3 N–H and O–H groups in total. The van der Waals surface area contributed by atoms with Gasteiger partial charge in [0.15, 0.2) is 0 Å². The van der Waals surface area contributed by atoms with Crippen LogP contribution < -0.4 is 5.73 Å². The monoisotopic (exact) mass is 519 g/mol. The molecule has 19 heavy (non-hydrogen) atoms. The smallest absolute Gasteiger partial charge is 0.308 e. The molecule has 0 saturated heterocycles. The Hall–Kier alpha value is -1.61. The van der Waals surface area contributed by atoms with Crippen molar-refractivity contribution in [3.05, 3.63) is 0 Å². The maximum Gasteiger partial charge on any atom is 0.308 e. The first kappa shape index (κ1) is 17.4. The second-order valence-electron chi connectivity index (χ2n) is 5.72. The molecule has 0 unspecified atom stereocenters. The molecule has 1 rings (SSSR count). The molecule has 1 aliphatic rings. The third kappa shape index (κ3) is 6.20. The summed E-state index contributed by atoms with van der Waals surface area (Å²) in [6.07, 6.45) is 6.94. The van der Waals surface area contributed by atoms with Crippen molar-refractivity contribution in [3.8, 4) is 0 Å². The summed E-state index contributed by atoms with van der Waals surface area (Å²) >= 11 is 0. The summed E-state index contributed by atoms with van der Waals surface area (Å²) in [6.45, 7) is 4.05. The van der Waals surface area contributed by atoms with Gasteiger partial charge in [-0.25, -0.2) is 0 Å². The van der Waals surface area contributed by atoms with E-state index < -0.39 is 11.9 Å². The first-order valence-corrected chi connectivity index (χ1v) is 7.10. The molecule has 3 atom stereocenters. The molecule has 1 fully saturated rings. The molecule has 5 heteroatoms. The number of ether oxygens (including phenoxy) is 1. The van der Waals surface area contributed by atoms with Gasteiger partial charge in [-0.05, 0) is 26.2 Å². The predicted octanol–water partition coefficient (Wildman–Crippen LogP) is 2.41. The first-order valence-electron chi connectivity index (χ1n) is 7.10. The van der Waals surface area contributed by atoms with Gasteiger partial charge in [0.25, 0.3) is 0 Å². The van der Waals surface area contributed by atoms with Gasteiger partial charge < -0.3 is 15.6 Å². The summed E-state index contributed by atoms with van der Waals surface area (Å²) < 4.78 is 5.72. The number of aliphatic carboxylic acids is 1. The second-order valence-corrected chi connectivity index (χ2v) is 5.72. The molecule has 0 amide bonds. The van der Waals surface area contributed by atoms with Gasteiger partial charge in [0.05, 0.1) is 18.6 Å². The van der Waals surface area contributed by atoms with Gasteiger partial charge in [-0.1, -0.05) is 32.1 Å². The van der Waals surface area contributed by atoms with Crippen LogP contribution in [0.15, 0.2) is 0 Å². The molecule has 0 bridgehead atoms. The van der Waals surface area contributed by atoms with Gasteiger partial charge in [-0.3, -0.25) is 4.79 Å². The maximum absolute atomic E-state index is 11.1. The molecular weight excluding hydrogens is 492 g/mol. The van der Waals surface area contributed by atoms with Gasteiger partial charge in [0, 0.05) is 6.04 Å². The van der Waals surface area contributed by atoms with E-state index in [-0.39, 0.29) is 12.1 Å². The second kappa shape index (κ2) is 8.48. The Kier molecular flexibility index (Phi) is 7.77. The van der Waals surface area contributed by atoms with E-state index >= 15 is 0 Å². The minimum absolute atomic E-state index is 0. The first-order chi connectivity index (χ1) is 8.50. The van der Waals surface area contributed by atoms with Gasteiger partial charge in [0.1, 0.15) is 0 Å². The number of hydrogen-bond acceptors (Lipinski definition) is 3. The van der Waals surface area contributed by atoms with E-state index in [1.807, 2.05) is 6.92 Å². The Morgan fingerprint density at radius 3 is 2.37 bits per heavy atom. The summed E-state index contributed by atoms with van der Waals surface area (Å²) in [5.74, 6) is -0.607. The molecular formula is C14H27LrNO3. The maximum atomic E-state index is 11.1. The van der Waals surface area contributed by atoms with Gasteiger partial charge in [-0.15, -0.1) is 0 Å². The fourth-order valence-corrected chi connectivity index (χ4v) is 2.60. The number of hydrogen-bond donors (Lipinski definition) is 2. The molecule has 1 aliphatic carbocycles. The Bertz CT molecular complexity index is 255. The zero-order chi connectivity index (χ0) is 13.5. The number of carboxylic acid groups (broad SMARTS) is 1. The fraction of sp³-hybridized carbons (Fsp3) is 0.929. The molecule has 121 valence electrons. The van der Waals surface area contributed by atoms with Crippen LogP contribution >= 0.6 is 0 Å². The van der Waals surface area contributed by atoms with E-state index in [9.17, 15) is 4.79 Å². The minimum atomic E-state index is -0.777. The van der Waals surface area contributed by atoms with Crippen molar-refractivity contribution >= 4 is 5.97 Å². The fourth-order valence-electron chi connectivity index (χ4n) is 2.60. The normalized spacial score (nSPS) is 21.2. The SMILES string of the molecule is C[C@@H](N)CO[C@H](CC1CCCCC1)[C@@H](C)C(=O)O.[Lr].